The number of nitrogens with zero attached hydrogens (tertiary/aromatic N) is 2. The molecule has 2 unspecified atom stereocenters. The quantitative estimate of drug-likeness (QED) is 0.329. The Bertz CT molecular complexity index is 1260. The summed E-state index contributed by atoms with van der Waals surface area (Å²) in [5, 5.41) is 3.64. The lowest BCUT2D eigenvalue weighted by Crippen LogP contribution is -2.36. The van der Waals surface area contributed by atoms with Crippen molar-refractivity contribution in [1.29, 1.82) is 0 Å². The first-order valence-corrected chi connectivity index (χ1v) is 13.8. The van der Waals surface area contributed by atoms with Crippen molar-refractivity contribution in [2.45, 2.75) is 46.3 Å². The van der Waals surface area contributed by atoms with E-state index in [2.05, 4.69) is 34.5 Å². The number of ether oxygens (including phenoxy) is 1. The Labute approximate surface area is 236 Å². The normalized spacial score (nSPS) is 17.1. The number of halogens is 1. The molecule has 206 valence electrons. The second-order valence-corrected chi connectivity index (χ2v) is 11.7. The number of nitrogens with one attached hydrogen (secondary N) is 1. The molecule has 4 rings (SSSR count). The number of rotatable bonds is 8. The topological polar surface area (TPSA) is 61.9 Å². The SMILES string of the molecule is CC(=O)Nc1ccccc1CN(CC1CN(C(=O)OC(C)(C)C)CC1Cc1ccccc1)c1ccc(Cl)cc1. The lowest BCUT2D eigenvalue weighted by atomic mass is 9.89. The molecule has 0 radical (unpaired) electrons. The van der Waals surface area contributed by atoms with E-state index in [0.29, 0.717) is 24.7 Å². The second kappa shape index (κ2) is 12.6. The molecule has 1 aliphatic heterocycles. The third-order valence-electron chi connectivity index (χ3n) is 6.90. The molecule has 7 heteroatoms. The molecule has 3 aromatic carbocycles. The third-order valence-corrected chi connectivity index (χ3v) is 7.16. The van der Waals surface area contributed by atoms with Gasteiger partial charge in [-0.05, 0) is 80.5 Å². The largest absolute Gasteiger partial charge is 0.444 e. The summed E-state index contributed by atoms with van der Waals surface area (Å²) in [5.74, 6) is 0.369. The molecule has 1 aliphatic rings. The Morgan fingerprint density at radius 2 is 1.59 bits per heavy atom. The summed E-state index contributed by atoms with van der Waals surface area (Å²) < 4.78 is 5.74. The Morgan fingerprint density at radius 3 is 2.26 bits per heavy atom. The fourth-order valence-electron chi connectivity index (χ4n) is 5.14. The molecule has 1 fully saturated rings. The number of para-hydroxylation sites is 1. The second-order valence-electron chi connectivity index (χ2n) is 11.3. The number of hydrogen-bond donors (Lipinski definition) is 1. The van der Waals surface area contributed by atoms with Crippen LogP contribution in [0.2, 0.25) is 5.02 Å². The highest BCUT2D eigenvalue weighted by atomic mass is 35.5. The van der Waals surface area contributed by atoms with E-state index in [1.54, 1.807) is 0 Å². The van der Waals surface area contributed by atoms with Crippen LogP contribution in [-0.4, -0.2) is 42.1 Å². The van der Waals surface area contributed by atoms with E-state index in [-0.39, 0.29) is 23.8 Å². The van der Waals surface area contributed by atoms with Gasteiger partial charge in [-0.1, -0.05) is 60.1 Å². The van der Waals surface area contributed by atoms with E-state index in [1.807, 2.05) is 80.3 Å². The highest BCUT2D eigenvalue weighted by molar-refractivity contribution is 6.30. The predicted octanol–water partition coefficient (Wildman–Crippen LogP) is 7.03. The minimum Gasteiger partial charge on any atom is -0.444 e. The van der Waals surface area contributed by atoms with Gasteiger partial charge in [-0.3, -0.25) is 4.79 Å². The number of carbonyl (C=O) groups excluding carboxylic acids is 2. The van der Waals surface area contributed by atoms with Crippen LogP contribution in [-0.2, 0) is 22.5 Å². The summed E-state index contributed by atoms with van der Waals surface area (Å²) in [6, 6.07) is 26.1. The van der Waals surface area contributed by atoms with Gasteiger partial charge in [0.1, 0.15) is 5.60 Å². The van der Waals surface area contributed by atoms with Gasteiger partial charge in [-0.15, -0.1) is 0 Å². The molecule has 39 heavy (non-hydrogen) atoms. The third kappa shape index (κ3) is 8.24. The van der Waals surface area contributed by atoms with E-state index in [9.17, 15) is 9.59 Å². The van der Waals surface area contributed by atoms with Crippen LogP contribution in [0.15, 0.2) is 78.9 Å². The molecule has 0 aliphatic carbocycles. The summed E-state index contributed by atoms with van der Waals surface area (Å²) >= 11 is 6.23. The first-order valence-electron chi connectivity index (χ1n) is 13.5. The van der Waals surface area contributed by atoms with Crippen molar-refractivity contribution in [3.63, 3.8) is 0 Å². The zero-order chi connectivity index (χ0) is 28.0. The number of hydrogen-bond acceptors (Lipinski definition) is 4. The van der Waals surface area contributed by atoms with Crippen molar-refractivity contribution in [2.75, 3.05) is 29.9 Å². The van der Waals surface area contributed by atoms with Gasteiger partial charge in [-0.25, -0.2) is 4.79 Å². The Morgan fingerprint density at radius 1 is 0.949 bits per heavy atom. The number of anilines is 2. The van der Waals surface area contributed by atoms with Gasteiger partial charge >= 0.3 is 6.09 Å². The molecule has 1 heterocycles. The number of carbonyl (C=O) groups is 2. The van der Waals surface area contributed by atoms with Crippen molar-refractivity contribution < 1.29 is 14.3 Å². The predicted molar refractivity (Wildman–Crippen MR) is 158 cm³/mol. The molecule has 0 spiro atoms. The minimum atomic E-state index is -0.549. The number of benzene rings is 3. The highest BCUT2D eigenvalue weighted by Crippen LogP contribution is 2.32. The van der Waals surface area contributed by atoms with E-state index in [0.717, 1.165) is 29.9 Å². The Balaban J connectivity index is 1.63. The molecule has 1 N–H and O–H groups in total. The molecular weight excluding hydrogens is 510 g/mol. The molecule has 0 saturated carbocycles. The fraction of sp³-hybridized carbons (Fsp3) is 0.375. The Kier molecular flexibility index (Phi) is 9.18. The molecule has 1 saturated heterocycles. The van der Waals surface area contributed by atoms with Crippen molar-refractivity contribution in [2.24, 2.45) is 11.8 Å². The Hall–Kier alpha value is -3.51. The number of likely N-dealkylation sites (tertiary alicyclic amines) is 1. The van der Waals surface area contributed by atoms with Gasteiger partial charge in [-0.2, -0.15) is 0 Å². The average molecular weight is 548 g/mol. The monoisotopic (exact) mass is 547 g/mol. The molecule has 0 aromatic heterocycles. The summed E-state index contributed by atoms with van der Waals surface area (Å²) in [6.45, 7) is 9.80. The highest BCUT2D eigenvalue weighted by Gasteiger charge is 2.38. The van der Waals surface area contributed by atoms with Gasteiger partial charge in [0.05, 0.1) is 0 Å². The van der Waals surface area contributed by atoms with Crippen LogP contribution >= 0.6 is 11.6 Å². The minimum absolute atomic E-state index is 0.104. The fourth-order valence-corrected chi connectivity index (χ4v) is 5.27. The van der Waals surface area contributed by atoms with Gasteiger partial charge in [0.25, 0.3) is 0 Å². The van der Waals surface area contributed by atoms with Gasteiger partial charge in [0.15, 0.2) is 0 Å². The van der Waals surface area contributed by atoms with Crippen LogP contribution in [0.25, 0.3) is 0 Å². The average Bonchev–Trinajstić information content (AvgIpc) is 3.27. The van der Waals surface area contributed by atoms with Crippen molar-refractivity contribution in [3.8, 4) is 0 Å². The molecule has 2 amide bonds. The van der Waals surface area contributed by atoms with Gasteiger partial charge < -0.3 is 19.9 Å². The zero-order valence-electron chi connectivity index (χ0n) is 23.2. The summed E-state index contributed by atoms with van der Waals surface area (Å²) in [5.41, 5.74) is 3.56. The van der Waals surface area contributed by atoms with Gasteiger partial charge in [0, 0.05) is 49.5 Å². The van der Waals surface area contributed by atoms with Crippen molar-refractivity contribution in [3.05, 3.63) is 95.0 Å². The molecule has 0 bridgehead atoms. The van der Waals surface area contributed by atoms with Crippen LogP contribution in [0.3, 0.4) is 0 Å². The van der Waals surface area contributed by atoms with Crippen molar-refractivity contribution >= 4 is 35.0 Å². The summed E-state index contributed by atoms with van der Waals surface area (Å²) in [7, 11) is 0. The molecule has 3 aromatic rings. The zero-order valence-corrected chi connectivity index (χ0v) is 23.9. The molecular formula is C32H38ClN3O3. The van der Waals surface area contributed by atoms with Crippen LogP contribution < -0.4 is 10.2 Å². The maximum atomic E-state index is 13.1. The standard InChI is InChI=1S/C32H38ClN3O3/c1-23(37)34-30-13-9-8-12-25(30)19-35(29-16-14-28(33)15-17-29)21-27-22-36(31(38)39-32(2,3)4)20-26(27)18-24-10-6-5-7-11-24/h5-17,26-27H,18-22H2,1-4H3,(H,34,37). The van der Waals surface area contributed by atoms with Gasteiger partial charge in [0.2, 0.25) is 5.91 Å². The lowest BCUT2D eigenvalue weighted by molar-refractivity contribution is -0.114. The molecule has 2 atom stereocenters. The van der Waals surface area contributed by atoms with E-state index >= 15 is 0 Å². The van der Waals surface area contributed by atoms with E-state index in [4.69, 9.17) is 16.3 Å². The smallest absolute Gasteiger partial charge is 0.410 e. The maximum absolute atomic E-state index is 13.1. The summed E-state index contributed by atoms with van der Waals surface area (Å²) in [4.78, 5) is 29.1. The van der Waals surface area contributed by atoms with E-state index < -0.39 is 5.60 Å². The van der Waals surface area contributed by atoms with Crippen LogP contribution in [0.4, 0.5) is 16.2 Å². The van der Waals surface area contributed by atoms with Crippen LogP contribution in [0.5, 0.6) is 0 Å². The first kappa shape index (κ1) is 28.5. The summed E-state index contributed by atoms with van der Waals surface area (Å²) in [6.07, 6.45) is 0.610. The van der Waals surface area contributed by atoms with Crippen LogP contribution in [0.1, 0.15) is 38.8 Å². The maximum Gasteiger partial charge on any atom is 0.410 e. The lowest BCUT2D eigenvalue weighted by Gasteiger charge is -2.31. The van der Waals surface area contributed by atoms with Crippen molar-refractivity contribution in [1.82, 2.24) is 4.90 Å². The van der Waals surface area contributed by atoms with Crippen LogP contribution in [0, 0.1) is 11.8 Å². The number of amides is 2. The molecule has 6 nitrogen and oxygen atoms in total. The van der Waals surface area contributed by atoms with E-state index in [1.165, 1.54) is 12.5 Å². The first-order chi connectivity index (χ1) is 18.6.